The molecule has 4 aromatic carbocycles. The van der Waals surface area contributed by atoms with Crippen LogP contribution in [0.3, 0.4) is 0 Å². The molecule has 0 fully saturated rings. The predicted octanol–water partition coefficient (Wildman–Crippen LogP) is 6.44. The molecule has 1 amide bonds. The highest BCUT2D eigenvalue weighted by Crippen LogP contribution is 2.29. The van der Waals surface area contributed by atoms with Crippen molar-refractivity contribution in [2.75, 3.05) is 4.90 Å². The number of carbonyl (C=O) groups excluding carboxylic acids is 1. The van der Waals surface area contributed by atoms with Crippen molar-refractivity contribution in [3.63, 3.8) is 0 Å². The fraction of sp³-hybridized carbons (Fsp3) is 0.121. The van der Waals surface area contributed by atoms with Crippen LogP contribution >= 0.6 is 11.3 Å². The van der Waals surface area contributed by atoms with E-state index in [9.17, 15) is 14.7 Å². The predicted molar refractivity (Wildman–Crippen MR) is 159 cm³/mol. The molecule has 2 N–H and O–H groups in total. The molecule has 1 heterocycles. The second-order valence-electron chi connectivity index (χ2n) is 9.47. The summed E-state index contributed by atoms with van der Waals surface area (Å²) in [6.45, 7) is 1.29. The number of carbonyl (C=O) groups is 2. The fourth-order valence-corrected chi connectivity index (χ4v) is 5.25. The number of aliphatic carboxylic acids is 1. The molecular weight excluding hydrogens is 518 g/mol. The zero-order valence-corrected chi connectivity index (χ0v) is 22.6. The van der Waals surface area contributed by atoms with Gasteiger partial charge in [0, 0.05) is 36.0 Å². The Morgan fingerprint density at radius 2 is 1.30 bits per heavy atom. The number of benzene rings is 4. The van der Waals surface area contributed by atoms with Crippen LogP contribution in [-0.2, 0) is 24.3 Å². The van der Waals surface area contributed by atoms with Crippen molar-refractivity contribution in [3.05, 3.63) is 143 Å². The van der Waals surface area contributed by atoms with Crippen LogP contribution in [0.2, 0.25) is 0 Å². The summed E-state index contributed by atoms with van der Waals surface area (Å²) in [6.07, 6.45) is 0.216. The third kappa shape index (κ3) is 7.01. The lowest BCUT2D eigenvalue weighted by molar-refractivity contribution is -0.139. The van der Waals surface area contributed by atoms with E-state index < -0.39 is 17.9 Å². The first-order valence-electron chi connectivity index (χ1n) is 13.0. The number of carboxylic acid groups (broad SMARTS) is 1. The lowest BCUT2D eigenvalue weighted by Gasteiger charge is -2.22. The highest BCUT2D eigenvalue weighted by atomic mass is 32.1. The summed E-state index contributed by atoms with van der Waals surface area (Å²) in [6, 6.07) is 35.9. The first kappa shape index (κ1) is 26.8. The second-order valence-corrected chi connectivity index (χ2v) is 10.3. The maximum atomic E-state index is 12.9. The van der Waals surface area contributed by atoms with E-state index in [2.05, 4.69) is 39.9 Å². The number of nitrogens with one attached hydrogen (secondary N) is 1. The molecule has 0 saturated carbocycles. The van der Waals surface area contributed by atoms with Gasteiger partial charge in [-0.1, -0.05) is 103 Å². The molecule has 0 aliphatic heterocycles. The van der Waals surface area contributed by atoms with Crippen molar-refractivity contribution in [3.8, 4) is 11.3 Å². The van der Waals surface area contributed by atoms with Crippen LogP contribution in [0.1, 0.15) is 27.0 Å². The van der Waals surface area contributed by atoms with E-state index in [0.717, 1.165) is 27.5 Å². The summed E-state index contributed by atoms with van der Waals surface area (Å²) in [4.78, 5) is 31.8. The molecule has 0 radical (unpaired) electrons. The standard InChI is InChI=1S/C33H29N3O3S/c37-31(34-29(32(38)39)20-24-10-4-1-5-11-24)28-18-16-26(17-19-28)22-36(21-25-12-6-2-7-13-25)33-35-30(23-40-33)27-14-8-3-9-15-27/h1-19,23,29H,20-22H2,(H,34,37)(H,38,39). The first-order valence-corrected chi connectivity index (χ1v) is 13.9. The zero-order chi connectivity index (χ0) is 27.7. The Bertz CT molecular complexity index is 1540. The van der Waals surface area contributed by atoms with E-state index >= 15 is 0 Å². The van der Waals surface area contributed by atoms with Gasteiger partial charge in [-0.25, -0.2) is 9.78 Å². The maximum absolute atomic E-state index is 12.9. The third-order valence-corrected chi connectivity index (χ3v) is 7.43. The topological polar surface area (TPSA) is 82.5 Å². The molecule has 200 valence electrons. The van der Waals surface area contributed by atoms with Gasteiger partial charge in [-0.3, -0.25) is 4.79 Å². The quantitative estimate of drug-likeness (QED) is 0.199. The number of amides is 1. The zero-order valence-electron chi connectivity index (χ0n) is 21.8. The molecule has 0 saturated heterocycles. The minimum absolute atomic E-state index is 0.216. The Labute approximate surface area is 237 Å². The van der Waals surface area contributed by atoms with Gasteiger partial charge in [-0.2, -0.15) is 0 Å². The monoisotopic (exact) mass is 547 g/mol. The summed E-state index contributed by atoms with van der Waals surface area (Å²) in [5.74, 6) is -1.48. The van der Waals surface area contributed by atoms with E-state index in [1.807, 2.05) is 78.9 Å². The molecule has 1 aromatic heterocycles. The van der Waals surface area contributed by atoms with E-state index in [0.29, 0.717) is 18.7 Å². The number of rotatable bonds is 11. The summed E-state index contributed by atoms with van der Waals surface area (Å²) >= 11 is 1.60. The lowest BCUT2D eigenvalue weighted by Crippen LogP contribution is -2.42. The van der Waals surface area contributed by atoms with Gasteiger partial charge < -0.3 is 15.3 Å². The van der Waals surface area contributed by atoms with Crippen LogP contribution in [0, 0.1) is 0 Å². The van der Waals surface area contributed by atoms with Gasteiger partial charge in [0.25, 0.3) is 5.91 Å². The van der Waals surface area contributed by atoms with Crippen LogP contribution < -0.4 is 10.2 Å². The van der Waals surface area contributed by atoms with Gasteiger partial charge in [-0.05, 0) is 28.8 Å². The van der Waals surface area contributed by atoms with Gasteiger partial charge in [0.2, 0.25) is 0 Å². The number of nitrogens with zero attached hydrogens (tertiary/aromatic N) is 2. The molecular formula is C33H29N3O3S. The first-order chi connectivity index (χ1) is 19.5. The Morgan fingerprint density at radius 1 is 0.750 bits per heavy atom. The van der Waals surface area contributed by atoms with E-state index in [1.165, 1.54) is 5.56 Å². The Morgan fingerprint density at radius 3 is 1.90 bits per heavy atom. The lowest BCUT2D eigenvalue weighted by atomic mass is 10.1. The largest absolute Gasteiger partial charge is 0.480 e. The Kier molecular flexibility index (Phi) is 8.63. The minimum Gasteiger partial charge on any atom is -0.480 e. The maximum Gasteiger partial charge on any atom is 0.326 e. The van der Waals surface area contributed by atoms with Crippen LogP contribution in [0.25, 0.3) is 11.3 Å². The normalized spacial score (nSPS) is 11.5. The fourth-order valence-electron chi connectivity index (χ4n) is 4.42. The number of anilines is 1. The third-order valence-electron chi connectivity index (χ3n) is 6.52. The highest BCUT2D eigenvalue weighted by Gasteiger charge is 2.21. The summed E-state index contributed by atoms with van der Waals surface area (Å²) in [7, 11) is 0. The van der Waals surface area contributed by atoms with Crippen molar-refractivity contribution < 1.29 is 14.7 Å². The Hall–Kier alpha value is -4.75. The second kappa shape index (κ2) is 12.9. The van der Waals surface area contributed by atoms with Crippen LogP contribution in [-0.4, -0.2) is 28.0 Å². The highest BCUT2D eigenvalue weighted by molar-refractivity contribution is 7.14. The molecule has 6 nitrogen and oxygen atoms in total. The average molecular weight is 548 g/mol. The molecule has 40 heavy (non-hydrogen) atoms. The summed E-state index contributed by atoms with van der Waals surface area (Å²) in [5.41, 5.74) is 5.47. The van der Waals surface area contributed by atoms with E-state index in [-0.39, 0.29) is 6.42 Å². The van der Waals surface area contributed by atoms with Gasteiger partial charge in [0.1, 0.15) is 6.04 Å². The number of hydrogen-bond donors (Lipinski definition) is 2. The van der Waals surface area contributed by atoms with Gasteiger partial charge in [0.15, 0.2) is 5.13 Å². The number of carboxylic acids is 1. The molecule has 0 spiro atoms. The van der Waals surface area contributed by atoms with Crippen LogP contribution in [0.15, 0.2) is 121 Å². The molecule has 0 aliphatic carbocycles. The van der Waals surface area contributed by atoms with Crippen molar-refractivity contribution in [2.24, 2.45) is 0 Å². The summed E-state index contributed by atoms with van der Waals surface area (Å²) < 4.78 is 0. The smallest absolute Gasteiger partial charge is 0.326 e. The molecule has 1 atom stereocenters. The number of aromatic nitrogens is 1. The molecule has 0 bridgehead atoms. The van der Waals surface area contributed by atoms with E-state index in [1.54, 1.807) is 23.5 Å². The molecule has 0 aliphatic rings. The van der Waals surface area contributed by atoms with Crippen LogP contribution in [0.4, 0.5) is 5.13 Å². The molecule has 7 heteroatoms. The molecule has 1 unspecified atom stereocenters. The number of thiazole rings is 1. The molecule has 5 rings (SSSR count). The number of hydrogen-bond acceptors (Lipinski definition) is 5. The minimum atomic E-state index is -1.07. The van der Waals surface area contributed by atoms with Gasteiger partial charge >= 0.3 is 5.97 Å². The van der Waals surface area contributed by atoms with Crippen molar-refractivity contribution in [2.45, 2.75) is 25.6 Å². The van der Waals surface area contributed by atoms with Crippen molar-refractivity contribution in [1.82, 2.24) is 10.3 Å². The van der Waals surface area contributed by atoms with Gasteiger partial charge in [-0.15, -0.1) is 11.3 Å². The van der Waals surface area contributed by atoms with E-state index in [4.69, 9.17) is 4.98 Å². The summed E-state index contributed by atoms with van der Waals surface area (Å²) in [5, 5.41) is 15.3. The average Bonchev–Trinajstić information content (AvgIpc) is 3.49. The van der Waals surface area contributed by atoms with Crippen molar-refractivity contribution >= 4 is 28.3 Å². The van der Waals surface area contributed by atoms with Crippen molar-refractivity contribution in [1.29, 1.82) is 0 Å². The SMILES string of the molecule is O=C(NC(Cc1ccccc1)C(=O)O)c1ccc(CN(Cc2ccccc2)c2nc(-c3ccccc3)cs2)cc1. The molecule has 5 aromatic rings. The van der Waals surface area contributed by atoms with Crippen LogP contribution in [0.5, 0.6) is 0 Å². The Balaban J connectivity index is 1.30. The van der Waals surface area contributed by atoms with Gasteiger partial charge in [0.05, 0.1) is 5.69 Å².